The second-order valence-electron chi connectivity index (χ2n) is 3.09. The predicted octanol–water partition coefficient (Wildman–Crippen LogP) is 2.94. The first kappa shape index (κ1) is 9.40. The SMILES string of the molecule is Cc1ccc(N(C)CCl)cc1C. The molecule has 1 nitrogen and oxygen atoms in total. The van der Waals surface area contributed by atoms with Crippen molar-refractivity contribution in [1.82, 2.24) is 0 Å². The minimum Gasteiger partial charge on any atom is -0.361 e. The molecule has 0 N–H and O–H groups in total. The molecule has 12 heavy (non-hydrogen) atoms. The van der Waals surface area contributed by atoms with E-state index in [1.165, 1.54) is 16.8 Å². The predicted molar refractivity (Wildman–Crippen MR) is 55.0 cm³/mol. The zero-order valence-corrected chi connectivity index (χ0v) is 8.52. The summed E-state index contributed by atoms with van der Waals surface area (Å²) in [6.07, 6.45) is 0. The normalized spacial score (nSPS) is 10.0. The Morgan fingerprint density at radius 2 is 1.92 bits per heavy atom. The average molecular weight is 184 g/mol. The van der Waals surface area contributed by atoms with Crippen LogP contribution in [0.5, 0.6) is 0 Å². The molecular weight excluding hydrogens is 170 g/mol. The number of aryl methyl sites for hydroxylation is 2. The number of hydrogen-bond donors (Lipinski definition) is 0. The van der Waals surface area contributed by atoms with Gasteiger partial charge in [0.05, 0.1) is 6.00 Å². The van der Waals surface area contributed by atoms with E-state index in [0.29, 0.717) is 6.00 Å². The third kappa shape index (κ3) is 1.92. The first-order valence-electron chi connectivity index (χ1n) is 3.99. The van der Waals surface area contributed by atoms with Crippen molar-refractivity contribution in [1.29, 1.82) is 0 Å². The second-order valence-corrected chi connectivity index (χ2v) is 3.33. The molecule has 0 atom stereocenters. The summed E-state index contributed by atoms with van der Waals surface area (Å²) < 4.78 is 0. The summed E-state index contributed by atoms with van der Waals surface area (Å²) in [6.45, 7) is 4.22. The lowest BCUT2D eigenvalue weighted by Crippen LogP contribution is -2.14. The minimum absolute atomic E-state index is 0.530. The van der Waals surface area contributed by atoms with Crippen LogP contribution in [0.25, 0.3) is 0 Å². The van der Waals surface area contributed by atoms with Crippen molar-refractivity contribution in [3.05, 3.63) is 29.3 Å². The zero-order chi connectivity index (χ0) is 9.14. The molecule has 66 valence electrons. The summed E-state index contributed by atoms with van der Waals surface area (Å²) in [4.78, 5) is 2.01. The Morgan fingerprint density at radius 3 is 2.42 bits per heavy atom. The number of rotatable bonds is 2. The summed E-state index contributed by atoms with van der Waals surface area (Å²) in [5.74, 6) is 0. The van der Waals surface area contributed by atoms with Crippen LogP contribution >= 0.6 is 11.6 Å². The Labute approximate surface area is 79.0 Å². The quantitative estimate of drug-likeness (QED) is 0.504. The Morgan fingerprint density at radius 1 is 1.25 bits per heavy atom. The van der Waals surface area contributed by atoms with Crippen molar-refractivity contribution < 1.29 is 0 Å². The number of halogens is 1. The lowest BCUT2D eigenvalue weighted by molar-refractivity contribution is 1.08. The van der Waals surface area contributed by atoms with Crippen LogP contribution in [0.15, 0.2) is 18.2 Å². The van der Waals surface area contributed by atoms with Crippen LogP contribution in [0, 0.1) is 13.8 Å². The smallest absolute Gasteiger partial charge is 0.0925 e. The van der Waals surface area contributed by atoms with Crippen molar-refractivity contribution in [3.8, 4) is 0 Å². The van der Waals surface area contributed by atoms with Crippen molar-refractivity contribution >= 4 is 17.3 Å². The Balaban J connectivity index is 2.96. The van der Waals surface area contributed by atoms with Crippen LogP contribution in [-0.2, 0) is 0 Å². The van der Waals surface area contributed by atoms with Crippen LogP contribution in [0.1, 0.15) is 11.1 Å². The van der Waals surface area contributed by atoms with Gasteiger partial charge in [-0.25, -0.2) is 0 Å². The third-order valence-corrected chi connectivity index (χ3v) is 2.47. The van der Waals surface area contributed by atoms with E-state index in [1.807, 2.05) is 11.9 Å². The molecule has 0 radical (unpaired) electrons. The van der Waals surface area contributed by atoms with E-state index in [9.17, 15) is 0 Å². The minimum atomic E-state index is 0.530. The molecule has 1 aromatic carbocycles. The average Bonchev–Trinajstić information content (AvgIpc) is 2.08. The molecule has 0 spiro atoms. The lowest BCUT2D eigenvalue weighted by atomic mass is 10.1. The summed E-state index contributed by atoms with van der Waals surface area (Å²) in [5, 5.41) is 0. The van der Waals surface area contributed by atoms with E-state index in [1.54, 1.807) is 0 Å². The maximum atomic E-state index is 5.70. The molecule has 0 amide bonds. The Kier molecular flexibility index (Phi) is 2.99. The molecule has 0 saturated carbocycles. The fraction of sp³-hybridized carbons (Fsp3) is 0.400. The van der Waals surface area contributed by atoms with Gasteiger partial charge < -0.3 is 4.90 Å². The fourth-order valence-electron chi connectivity index (χ4n) is 1.03. The van der Waals surface area contributed by atoms with Crippen LogP contribution < -0.4 is 4.90 Å². The largest absolute Gasteiger partial charge is 0.361 e. The molecule has 0 aromatic heterocycles. The number of anilines is 1. The lowest BCUT2D eigenvalue weighted by Gasteiger charge is -2.16. The van der Waals surface area contributed by atoms with Gasteiger partial charge in [0.1, 0.15) is 0 Å². The molecule has 0 aliphatic rings. The van der Waals surface area contributed by atoms with Gasteiger partial charge in [-0.15, -0.1) is 11.6 Å². The molecule has 0 heterocycles. The monoisotopic (exact) mass is 183 g/mol. The van der Waals surface area contributed by atoms with Gasteiger partial charge in [0.15, 0.2) is 0 Å². The van der Waals surface area contributed by atoms with Crippen molar-refractivity contribution in [2.24, 2.45) is 0 Å². The van der Waals surface area contributed by atoms with Gasteiger partial charge in [-0.05, 0) is 37.1 Å². The van der Waals surface area contributed by atoms with E-state index in [2.05, 4.69) is 32.0 Å². The molecule has 0 bridgehead atoms. The molecule has 0 saturated heterocycles. The summed E-state index contributed by atoms with van der Waals surface area (Å²) in [6, 6.07) is 6.89. The Bertz CT molecular complexity index is 271. The summed E-state index contributed by atoms with van der Waals surface area (Å²) in [7, 11) is 1.98. The maximum absolute atomic E-state index is 5.70. The van der Waals surface area contributed by atoms with E-state index in [-0.39, 0.29) is 0 Å². The number of alkyl halides is 1. The van der Waals surface area contributed by atoms with Gasteiger partial charge in [-0.1, -0.05) is 6.07 Å². The highest BCUT2D eigenvalue weighted by Gasteiger charge is 1.99. The highest BCUT2D eigenvalue weighted by molar-refractivity contribution is 6.18. The maximum Gasteiger partial charge on any atom is 0.0925 e. The first-order chi connectivity index (χ1) is 5.65. The van der Waals surface area contributed by atoms with Crippen LogP contribution in [0.3, 0.4) is 0 Å². The van der Waals surface area contributed by atoms with Crippen LogP contribution in [-0.4, -0.2) is 13.1 Å². The number of nitrogens with zero attached hydrogens (tertiary/aromatic N) is 1. The fourth-order valence-corrected chi connectivity index (χ4v) is 1.17. The van der Waals surface area contributed by atoms with E-state index in [4.69, 9.17) is 11.6 Å². The number of hydrogen-bond acceptors (Lipinski definition) is 1. The standard InChI is InChI=1S/C10H14ClN/c1-8-4-5-10(6-9(8)2)12(3)7-11/h4-6H,7H2,1-3H3. The zero-order valence-electron chi connectivity index (χ0n) is 7.76. The van der Waals surface area contributed by atoms with Gasteiger partial charge >= 0.3 is 0 Å². The van der Waals surface area contributed by atoms with E-state index >= 15 is 0 Å². The van der Waals surface area contributed by atoms with Gasteiger partial charge in [-0.3, -0.25) is 0 Å². The highest BCUT2D eigenvalue weighted by Crippen LogP contribution is 2.17. The Hall–Kier alpha value is -0.690. The topological polar surface area (TPSA) is 3.24 Å². The molecule has 0 fully saturated rings. The van der Waals surface area contributed by atoms with Crippen LogP contribution in [0.2, 0.25) is 0 Å². The van der Waals surface area contributed by atoms with Gasteiger partial charge in [0.25, 0.3) is 0 Å². The molecule has 1 rings (SSSR count). The molecular formula is C10H14ClN. The summed E-state index contributed by atoms with van der Waals surface area (Å²) in [5.41, 5.74) is 3.80. The van der Waals surface area contributed by atoms with Crippen molar-refractivity contribution in [3.63, 3.8) is 0 Å². The molecule has 0 unspecified atom stereocenters. The molecule has 0 aliphatic carbocycles. The summed E-state index contributed by atoms with van der Waals surface area (Å²) >= 11 is 5.70. The molecule has 2 heteroatoms. The first-order valence-corrected chi connectivity index (χ1v) is 4.53. The van der Waals surface area contributed by atoms with Crippen molar-refractivity contribution in [2.45, 2.75) is 13.8 Å². The van der Waals surface area contributed by atoms with Crippen LogP contribution in [0.4, 0.5) is 5.69 Å². The van der Waals surface area contributed by atoms with Gasteiger partial charge in [0, 0.05) is 12.7 Å². The second kappa shape index (κ2) is 3.81. The van der Waals surface area contributed by atoms with Gasteiger partial charge in [0.2, 0.25) is 0 Å². The highest BCUT2D eigenvalue weighted by atomic mass is 35.5. The van der Waals surface area contributed by atoms with E-state index in [0.717, 1.165) is 0 Å². The molecule has 0 aliphatic heterocycles. The number of benzene rings is 1. The third-order valence-electron chi connectivity index (χ3n) is 2.11. The van der Waals surface area contributed by atoms with Crippen molar-refractivity contribution in [2.75, 3.05) is 18.0 Å². The van der Waals surface area contributed by atoms with Gasteiger partial charge in [-0.2, -0.15) is 0 Å². The molecule has 1 aromatic rings. The van der Waals surface area contributed by atoms with E-state index < -0.39 is 0 Å².